The molecule has 99 heavy (non-hydrogen) atoms. The lowest BCUT2D eigenvalue weighted by atomic mass is 9.97. The van der Waals surface area contributed by atoms with E-state index in [1.807, 2.05) is 6.08 Å². The van der Waals surface area contributed by atoms with Crippen molar-refractivity contribution in [2.24, 2.45) is 0 Å². The van der Waals surface area contributed by atoms with E-state index in [2.05, 4.69) is 129 Å². The number of carbonyl (C=O) groups excluding carboxylic acids is 1. The first-order chi connectivity index (χ1) is 48.6. The zero-order chi connectivity index (χ0) is 71.5. The smallest absolute Gasteiger partial charge is 0.220 e. The summed E-state index contributed by atoms with van der Waals surface area (Å²) in [5.41, 5.74) is 0. The van der Waals surface area contributed by atoms with Crippen molar-refractivity contribution >= 4 is 5.91 Å². The van der Waals surface area contributed by atoms with E-state index in [0.717, 1.165) is 96.3 Å². The second kappa shape index (κ2) is 67.6. The number of nitrogens with one attached hydrogen (secondary N) is 1. The zero-order valence-electron chi connectivity index (χ0n) is 62.4. The molecule has 0 radical (unpaired) electrons. The Morgan fingerprint density at radius 3 is 1.11 bits per heavy atom. The predicted octanol–water partition coefficient (Wildman–Crippen LogP) is 18.4. The van der Waals surface area contributed by atoms with Crippen molar-refractivity contribution in [3.8, 4) is 0 Å². The molecule has 0 bridgehead atoms. The Morgan fingerprint density at radius 2 is 0.707 bits per heavy atom. The molecule has 0 aromatic heterocycles. The largest absolute Gasteiger partial charge is 0.394 e. The molecular formula is C85H147NO13. The molecule has 14 heteroatoms. The van der Waals surface area contributed by atoms with Crippen LogP contribution in [0.25, 0.3) is 0 Å². The zero-order valence-corrected chi connectivity index (χ0v) is 62.4. The highest BCUT2D eigenvalue weighted by Crippen LogP contribution is 2.30. The number of rotatable bonds is 66. The number of allylic oxidation sites excluding steroid dienone is 19. The minimum Gasteiger partial charge on any atom is -0.394 e. The highest BCUT2D eigenvalue weighted by Gasteiger charge is 2.51. The van der Waals surface area contributed by atoms with Gasteiger partial charge < -0.3 is 65.1 Å². The van der Waals surface area contributed by atoms with E-state index in [-0.39, 0.29) is 18.9 Å². The quantitative estimate of drug-likeness (QED) is 0.0204. The summed E-state index contributed by atoms with van der Waals surface area (Å²) in [6, 6.07) is -0.948. The lowest BCUT2D eigenvalue weighted by molar-refractivity contribution is -0.359. The summed E-state index contributed by atoms with van der Waals surface area (Å²) in [5.74, 6) is -0.256. The monoisotopic (exact) mass is 1390 g/mol. The molecule has 12 atom stereocenters. The van der Waals surface area contributed by atoms with E-state index in [4.69, 9.17) is 18.9 Å². The third kappa shape index (κ3) is 50.4. The van der Waals surface area contributed by atoms with Gasteiger partial charge in [0.05, 0.1) is 32.0 Å². The lowest BCUT2D eigenvalue weighted by Crippen LogP contribution is -2.65. The highest BCUT2D eigenvalue weighted by molar-refractivity contribution is 5.76. The SMILES string of the molecule is CC/C=C\C/C=C\C/C=C\C/C=C\C/C=C\C/C=C\C/C=C\CCCCCCCCCCCCCCCC(=O)NC(COC1OC(CO)C(OC2OC(CO)C(O)C(O)C2O)C(O)C1O)C(O)/C=C/CC/C=C/CC/C=C/CCCCCCCCCCCCCCCCCCCCCC. The van der Waals surface area contributed by atoms with Gasteiger partial charge in [-0.3, -0.25) is 4.79 Å². The minimum atomic E-state index is -1.80. The molecule has 9 N–H and O–H groups in total. The van der Waals surface area contributed by atoms with Crippen LogP contribution in [0.1, 0.15) is 316 Å². The molecule has 14 nitrogen and oxygen atoms in total. The van der Waals surface area contributed by atoms with Gasteiger partial charge in [-0.2, -0.15) is 0 Å². The second-order valence-corrected chi connectivity index (χ2v) is 27.8. The number of amides is 1. The van der Waals surface area contributed by atoms with Crippen LogP contribution in [0, 0.1) is 0 Å². The molecule has 0 aromatic carbocycles. The van der Waals surface area contributed by atoms with Crippen molar-refractivity contribution in [1.82, 2.24) is 5.32 Å². The van der Waals surface area contributed by atoms with Gasteiger partial charge in [-0.15, -0.1) is 0 Å². The fourth-order valence-electron chi connectivity index (χ4n) is 12.5. The second-order valence-electron chi connectivity index (χ2n) is 27.8. The molecule has 2 aliphatic heterocycles. The van der Waals surface area contributed by atoms with Crippen LogP contribution in [0.3, 0.4) is 0 Å². The fraction of sp³-hybridized carbons (Fsp3) is 0.753. The van der Waals surface area contributed by atoms with Gasteiger partial charge in [0.25, 0.3) is 0 Å². The first-order valence-corrected chi connectivity index (χ1v) is 40.3. The maximum atomic E-state index is 13.4. The Balaban J connectivity index is 1.65. The Hall–Kier alpha value is -3.61. The van der Waals surface area contributed by atoms with Gasteiger partial charge >= 0.3 is 0 Å². The van der Waals surface area contributed by atoms with Crippen LogP contribution >= 0.6 is 0 Å². The summed E-state index contributed by atoms with van der Waals surface area (Å²) in [6.45, 7) is 2.69. The molecule has 2 heterocycles. The van der Waals surface area contributed by atoms with Crippen LogP contribution < -0.4 is 5.32 Å². The summed E-state index contributed by atoms with van der Waals surface area (Å²) < 4.78 is 22.9. The van der Waals surface area contributed by atoms with E-state index in [1.165, 1.54) is 186 Å². The van der Waals surface area contributed by atoms with Crippen molar-refractivity contribution in [1.29, 1.82) is 0 Å². The molecule has 2 saturated heterocycles. The summed E-state index contributed by atoms with van der Waals surface area (Å²) in [6.07, 6.45) is 82.8. The summed E-state index contributed by atoms with van der Waals surface area (Å²) >= 11 is 0. The molecule has 0 aromatic rings. The maximum absolute atomic E-state index is 13.4. The molecule has 1 amide bonds. The third-order valence-corrected chi connectivity index (χ3v) is 18.9. The Morgan fingerprint density at radius 1 is 0.374 bits per heavy atom. The highest BCUT2D eigenvalue weighted by atomic mass is 16.7. The number of unbranched alkanes of at least 4 members (excludes halogenated alkanes) is 35. The number of hydrogen-bond acceptors (Lipinski definition) is 13. The van der Waals surface area contributed by atoms with E-state index < -0.39 is 86.8 Å². The standard InChI is InChI=1S/C85H147NO13/c1-3-5-7-9-11-13-15-17-19-21-23-25-27-29-31-33-35-36-37-38-39-41-43-45-47-49-51-53-55-57-59-61-63-65-67-69-77(90)86-73(72-96-84-82(95)80(93)83(76(71-88)98-84)99-85-81(94)79(92)78(91)75(70-87)97-85)74(89)68-66-64-62-60-58-56-54-52-50-48-46-44-42-40-34-32-30-28-26-24-22-20-18-16-14-12-10-8-6-4-2/h5,7,11,13,17,19,23,25,29,31,35-36,38-39,50,52,58,60,66,68,73-76,78-85,87-89,91-95H,3-4,6,8-10,12,14-16,18,20-22,24,26-28,30,32-34,37,40-49,51,53-57,59,61-65,67,69-72H2,1-2H3,(H,86,90)/b7-5-,13-11-,19-17-,25-23-,31-29-,36-35-,39-38-,52-50+,60-58+,68-66+. The van der Waals surface area contributed by atoms with Crippen LogP contribution in [-0.4, -0.2) is 140 Å². The molecule has 2 fully saturated rings. The fourth-order valence-corrected chi connectivity index (χ4v) is 12.5. The topological polar surface area (TPSA) is 228 Å². The number of aliphatic hydroxyl groups excluding tert-OH is 8. The average Bonchev–Trinajstić information content (AvgIpc) is 0.799. The van der Waals surface area contributed by atoms with Gasteiger partial charge in [0.1, 0.15) is 48.8 Å². The van der Waals surface area contributed by atoms with Crippen LogP contribution in [0.5, 0.6) is 0 Å². The van der Waals surface area contributed by atoms with Gasteiger partial charge in [-0.05, 0) is 103 Å². The molecule has 2 aliphatic rings. The van der Waals surface area contributed by atoms with Crippen LogP contribution in [0.4, 0.5) is 0 Å². The summed E-state index contributed by atoms with van der Waals surface area (Å²) in [5, 5.41) is 87.7. The number of aliphatic hydroxyl groups is 8. The normalized spacial score (nSPS) is 22.6. The van der Waals surface area contributed by atoms with Gasteiger partial charge in [-0.25, -0.2) is 0 Å². The molecule has 0 aliphatic carbocycles. The molecule has 12 unspecified atom stereocenters. The van der Waals surface area contributed by atoms with Crippen molar-refractivity contribution in [3.05, 3.63) is 122 Å². The van der Waals surface area contributed by atoms with E-state index in [9.17, 15) is 45.6 Å². The molecule has 570 valence electrons. The predicted molar refractivity (Wildman–Crippen MR) is 410 cm³/mol. The first-order valence-electron chi connectivity index (χ1n) is 40.3. The van der Waals surface area contributed by atoms with Crippen molar-refractivity contribution in [3.63, 3.8) is 0 Å². The van der Waals surface area contributed by atoms with Gasteiger partial charge in [-0.1, -0.05) is 328 Å². The minimum absolute atomic E-state index is 0.256. The molecule has 0 spiro atoms. The summed E-state index contributed by atoms with van der Waals surface area (Å²) in [7, 11) is 0. The van der Waals surface area contributed by atoms with Crippen LogP contribution in [0.15, 0.2) is 122 Å². The molecule has 2 rings (SSSR count). The molecule has 0 saturated carbocycles. The van der Waals surface area contributed by atoms with E-state index in [1.54, 1.807) is 6.08 Å². The van der Waals surface area contributed by atoms with E-state index in [0.29, 0.717) is 12.8 Å². The van der Waals surface area contributed by atoms with Gasteiger partial charge in [0.15, 0.2) is 12.6 Å². The maximum Gasteiger partial charge on any atom is 0.220 e. The number of carbonyl (C=O) groups is 1. The van der Waals surface area contributed by atoms with Gasteiger partial charge in [0, 0.05) is 6.42 Å². The van der Waals surface area contributed by atoms with Crippen molar-refractivity contribution in [2.45, 2.75) is 389 Å². The van der Waals surface area contributed by atoms with Crippen molar-refractivity contribution in [2.75, 3.05) is 19.8 Å². The summed E-state index contributed by atoms with van der Waals surface area (Å²) in [4.78, 5) is 13.4. The number of hydrogen-bond donors (Lipinski definition) is 9. The van der Waals surface area contributed by atoms with Gasteiger partial charge in [0.2, 0.25) is 5.91 Å². The Kier molecular flexibility index (Phi) is 62.4. The lowest BCUT2D eigenvalue weighted by Gasteiger charge is -2.46. The van der Waals surface area contributed by atoms with Crippen LogP contribution in [0.2, 0.25) is 0 Å². The van der Waals surface area contributed by atoms with E-state index >= 15 is 0 Å². The van der Waals surface area contributed by atoms with Crippen molar-refractivity contribution < 1.29 is 64.6 Å². The Labute approximate surface area is 603 Å². The first kappa shape index (κ1) is 91.5. The van der Waals surface area contributed by atoms with Crippen LogP contribution in [-0.2, 0) is 23.7 Å². The average molecular weight is 1390 g/mol. The Bertz CT molecular complexity index is 2130. The number of ether oxygens (including phenoxy) is 4. The molecular weight excluding hydrogens is 1240 g/mol. The third-order valence-electron chi connectivity index (χ3n) is 18.9.